The summed E-state index contributed by atoms with van der Waals surface area (Å²) in [5.41, 5.74) is 4.75. The highest BCUT2D eigenvalue weighted by Crippen LogP contribution is 2.24. The van der Waals surface area contributed by atoms with Crippen molar-refractivity contribution in [2.24, 2.45) is 5.92 Å². The molecule has 0 saturated carbocycles. The topological polar surface area (TPSA) is 58.1 Å². The first-order valence-electron chi connectivity index (χ1n) is 10.1. The van der Waals surface area contributed by atoms with E-state index < -0.39 is 0 Å². The van der Waals surface area contributed by atoms with Crippen LogP contribution in [-0.2, 0) is 6.54 Å². The van der Waals surface area contributed by atoms with Crippen LogP contribution in [0.25, 0.3) is 10.7 Å². The summed E-state index contributed by atoms with van der Waals surface area (Å²) < 4.78 is 0. The van der Waals surface area contributed by atoms with E-state index in [0.29, 0.717) is 6.54 Å². The van der Waals surface area contributed by atoms with Crippen molar-refractivity contribution in [1.82, 2.24) is 14.9 Å². The molecule has 0 aliphatic carbocycles. The maximum Gasteiger partial charge on any atom is 0.253 e. The number of piperidine rings is 1. The molecule has 150 valence electrons. The van der Waals surface area contributed by atoms with E-state index in [1.807, 2.05) is 48.2 Å². The number of carbonyl (C=O) groups excluding carboxylic acids is 1. The molecule has 4 rings (SSSR count). The Balaban J connectivity index is 1.39. The van der Waals surface area contributed by atoms with Gasteiger partial charge in [-0.3, -0.25) is 9.78 Å². The number of anilines is 1. The number of likely N-dealkylation sites (tertiary alicyclic amines) is 1. The molecule has 6 heteroatoms. The molecule has 0 atom stereocenters. The molecule has 1 N–H and O–H groups in total. The van der Waals surface area contributed by atoms with Gasteiger partial charge in [-0.15, -0.1) is 11.3 Å². The summed E-state index contributed by atoms with van der Waals surface area (Å²) in [5.74, 6) is 0.863. The van der Waals surface area contributed by atoms with Gasteiger partial charge >= 0.3 is 0 Å². The molecule has 0 radical (unpaired) electrons. The van der Waals surface area contributed by atoms with Crippen LogP contribution in [0.1, 0.15) is 41.4 Å². The van der Waals surface area contributed by atoms with Gasteiger partial charge in [0, 0.05) is 35.9 Å². The molecule has 3 heterocycles. The van der Waals surface area contributed by atoms with Gasteiger partial charge in [0.25, 0.3) is 5.91 Å². The van der Waals surface area contributed by atoms with Gasteiger partial charge in [0.1, 0.15) is 5.01 Å². The third kappa shape index (κ3) is 4.65. The quantitative estimate of drug-likeness (QED) is 0.648. The average molecular weight is 407 g/mol. The number of amides is 1. The molecule has 29 heavy (non-hydrogen) atoms. The smallest absolute Gasteiger partial charge is 0.253 e. The number of hydrogen-bond donors (Lipinski definition) is 1. The molecule has 5 nitrogen and oxygen atoms in total. The van der Waals surface area contributed by atoms with Crippen molar-refractivity contribution in [2.75, 3.05) is 18.4 Å². The van der Waals surface area contributed by atoms with Gasteiger partial charge in [0.2, 0.25) is 0 Å². The number of pyridine rings is 1. The maximum absolute atomic E-state index is 12.8. The second kappa shape index (κ2) is 8.74. The van der Waals surface area contributed by atoms with Crippen LogP contribution in [0.5, 0.6) is 0 Å². The second-order valence-corrected chi connectivity index (χ2v) is 8.58. The third-order valence-electron chi connectivity index (χ3n) is 5.44. The van der Waals surface area contributed by atoms with E-state index in [9.17, 15) is 4.79 Å². The van der Waals surface area contributed by atoms with Crippen LogP contribution in [0, 0.1) is 12.8 Å². The Labute approximate surface area is 175 Å². The summed E-state index contributed by atoms with van der Waals surface area (Å²) in [4.78, 5) is 23.8. The first-order chi connectivity index (χ1) is 14.1. The van der Waals surface area contributed by atoms with Crippen molar-refractivity contribution in [3.8, 4) is 10.7 Å². The lowest BCUT2D eigenvalue weighted by atomic mass is 9.98. The summed E-state index contributed by atoms with van der Waals surface area (Å²) >= 11 is 1.60. The Morgan fingerprint density at radius 1 is 1.24 bits per heavy atom. The minimum Gasteiger partial charge on any atom is -0.379 e. The lowest BCUT2D eigenvalue weighted by Crippen LogP contribution is -2.37. The van der Waals surface area contributed by atoms with E-state index in [-0.39, 0.29) is 5.91 Å². The number of benzene rings is 1. The molecule has 1 amide bonds. The molecule has 1 fully saturated rings. The minimum absolute atomic E-state index is 0.144. The summed E-state index contributed by atoms with van der Waals surface area (Å²) in [6.07, 6.45) is 3.97. The number of carbonyl (C=O) groups is 1. The number of rotatable bonds is 5. The zero-order valence-corrected chi connectivity index (χ0v) is 17.7. The highest BCUT2D eigenvalue weighted by molar-refractivity contribution is 7.13. The molecule has 0 spiro atoms. The number of hydrogen-bond acceptors (Lipinski definition) is 5. The summed E-state index contributed by atoms with van der Waals surface area (Å²) in [7, 11) is 0. The highest BCUT2D eigenvalue weighted by Gasteiger charge is 2.21. The first-order valence-corrected chi connectivity index (χ1v) is 11.0. The number of aromatic nitrogens is 2. The summed E-state index contributed by atoms with van der Waals surface area (Å²) in [6.45, 7) is 6.66. The Kier molecular flexibility index (Phi) is 5.90. The van der Waals surface area contributed by atoms with Gasteiger partial charge in [-0.1, -0.05) is 13.0 Å². The first kappa shape index (κ1) is 19.6. The lowest BCUT2D eigenvalue weighted by Gasteiger charge is -2.30. The minimum atomic E-state index is 0.144. The van der Waals surface area contributed by atoms with Crippen LogP contribution in [-0.4, -0.2) is 33.9 Å². The fraction of sp³-hybridized carbons (Fsp3) is 0.348. The molecular formula is C23H26N4OS. The molecule has 3 aromatic rings. The van der Waals surface area contributed by atoms with Crippen molar-refractivity contribution in [1.29, 1.82) is 0 Å². The van der Waals surface area contributed by atoms with Crippen molar-refractivity contribution in [2.45, 2.75) is 33.2 Å². The Hall–Kier alpha value is -2.73. The Bertz CT molecular complexity index is 978. The number of thiazole rings is 1. The van der Waals surface area contributed by atoms with Crippen LogP contribution in [0.2, 0.25) is 0 Å². The molecule has 1 aromatic carbocycles. The molecule has 1 aliphatic heterocycles. The Morgan fingerprint density at radius 3 is 2.79 bits per heavy atom. The average Bonchev–Trinajstić information content (AvgIpc) is 3.22. The number of nitrogens with one attached hydrogen (secondary N) is 1. The van der Waals surface area contributed by atoms with Crippen LogP contribution in [0.3, 0.4) is 0 Å². The molecule has 1 saturated heterocycles. The van der Waals surface area contributed by atoms with Crippen LogP contribution in [0.15, 0.2) is 48.0 Å². The van der Waals surface area contributed by atoms with Gasteiger partial charge in [0.15, 0.2) is 0 Å². The normalized spacial score (nSPS) is 14.8. The molecular weight excluding hydrogens is 380 g/mol. The zero-order chi connectivity index (χ0) is 20.2. The van der Waals surface area contributed by atoms with E-state index in [1.165, 1.54) is 0 Å². The van der Waals surface area contributed by atoms with E-state index in [1.54, 1.807) is 17.5 Å². The fourth-order valence-corrected chi connectivity index (χ4v) is 4.37. The van der Waals surface area contributed by atoms with Gasteiger partial charge in [-0.25, -0.2) is 4.98 Å². The highest BCUT2D eigenvalue weighted by atomic mass is 32.1. The van der Waals surface area contributed by atoms with Crippen molar-refractivity contribution >= 4 is 22.9 Å². The van der Waals surface area contributed by atoms with Gasteiger partial charge in [-0.2, -0.15) is 0 Å². The predicted octanol–water partition coefficient (Wildman–Crippen LogP) is 5.00. The van der Waals surface area contributed by atoms with E-state index in [4.69, 9.17) is 0 Å². The van der Waals surface area contributed by atoms with Crippen LogP contribution in [0.4, 0.5) is 5.69 Å². The third-order valence-corrected chi connectivity index (χ3v) is 6.35. The van der Waals surface area contributed by atoms with Crippen LogP contribution < -0.4 is 5.32 Å². The number of aryl methyl sites for hydroxylation is 1. The zero-order valence-electron chi connectivity index (χ0n) is 16.9. The summed E-state index contributed by atoms with van der Waals surface area (Å²) in [6, 6.07) is 11.8. The SMILES string of the molecule is Cc1cc(C(=O)N2CCC(C)CC2)ccc1NCc1csc(-c2ccccn2)n1. The lowest BCUT2D eigenvalue weighted by molar-refractivity contribution is 0.0697. The monoisotopic (exact) mass is 406 g/mol. The molecule has 1 aliphatic rings. The predicted molar refractivity (Wildman–Crippen MR) is 118 cm³/mol. The van der Waals surface area contributed by atoms with Crippen molar-refractivity contribution in [3.63, 3.8) is 0 Å². The maximum atomic E-state index is 12.8. The molecule has 0 unspecified atom stereocenters. The van der Waals surface area contributed by atoms with Gasteiger partial charge < -0.3 is 10.2 Å². The van der Waals surface area contributed by atoms with Gasteiger partial charge in [-0.05, 0) is 61.6 Å². The van der Waals surface area contributed by atoms with Crippen LogP contribution >= 0.6 is 11.3 Å². The van der Waals surface area contributed by atoms with Crippen molar-refractivity contribution < 1.29 is 4.79 Å². The Morgan fingerprint density at radius 2 is 2.07 bits per heavy atom. The number of nitrogens with zero attached hydrogens (tertiary/aromatic N) is 3. The second-order valence-electron chi connectivity index (χ2n) is 7.72. The van der Waals surface area contributed by atoms with Gasteiger partial charge in [0.05, 0.1) is 17.9 Å². The molecule has 0 bridgehead atoms. The van der Waals surface area contributed by atoms with Crippen molar-refractivity contribution in [3.05, 3.63) is 64.8 Å². The largest absolute Gasteiger partial charge is 0.379 e. The van der Waals surface area contributed by atoms with E-state index >= 15 is 0 Å². The standard InChI is InChI=1S/C23H26N4OS/c1-16-8-11-27(12-9-16)23(28)18-6-7-20(17(2)13-18)25-14-19-15-29-22(26-19)21-5-3-4-10-24-21/h3-7,10,13,15-16,25H,8-9,11-12,14H2,1-2H3. The van der Waals surface area contributed by atoms with E-state index in [2.05, 4.69) is 27.6 Å². The fourth-order valence-electron chi connectivity index (χ4n) is 3.57. The molecule has 2 aromatic heterocycles. The van der Waals surface area contributed by atoms with E-state index in [0.717, 1.165) is 65.1 Å². The summed E-state index contributed by atoms with van der Waals surface area (Å²) in [5, 5.41) is 6.43.